The molecule has 14 heavy (non-hydrogen) atoms. The number of hydrogen-bond acceptors (Lipinski definition) is 3. The molecule has 0 aromatic heterocycles. The van der Waals surface area contributed by atoms with Crippen LogP contribution in [0.1, 0.15) is 25.5 Å². The smallest absolute Gasteiger partial charge is 0.124 e. The topological polar surface area (TPSA) is 41.8 Å². The first-order valence-electron chi connectivity index (χ1n) is 4.64. The Hall–Kier alpha value is -1.35. The van der Waals surface area contributed by atoms with Crippen LogP contribution in [0.2, 0.25) is 0 Å². The van der Waals surface area contributed by atoms with Crippen molar-refractivity contribution in [2.24, 2.45) is 5.16 Å². The van der Waals surface area contributed by atoms with Crippen molar-refractivity contribution in [1.82, 2.24) is 0 Å². The van der Waals surface area contributed by atoms with Gasteiger partial charge in [-0.15, -0.1) is 0 Å². The Labute approximate surface area is 84.0 Å². The van der Waals surface area contributed by atoms with Crippen LogP contribution >= 0.6 is 0 Å². The van der Waals surface area contributed by atoms with Gasteiger partial charge in [-0.1, -0.05) is 35.5 Å². The zero-order valence-electron chi connectivity index (χ0n) is 8.47. The van der Waals surface area contributed by atoms with E-state index in [4.69, 9.17) is 9.94 Å². The quantitative estimate of drug-likeness (QED) is 0.453. The SMILES string of the molecule is CCOC(C(C)=NO)c1ccccc1. The third-order valence-electron chi connectivity index (χ3n) is 1.97. The highest BCUT2D eigenvalue weighted by Gasteiger charge is 2.14. The van der Waals surface area contributed by atoms with Gasteiger partial charge in [0.2, 0.25) is 0 Å². The summed E-state index contributed by atoms with van der Waals surface area (Å²) in [6.07, 6.45) is -0.244. The molecule has 3 nitrogen and oxygen atoms in total. The van der Waals surface area contributed by atoms with Gasteiger partial charge >= 0.3 is 0 Å². The molecule has 0 aliphatic heterocycles. The van der Waals surface area contributed by atoms with E-state index in [0.717, 1.165) is 5.56 Å². The molecule has 0 aliphatic rings. The van der Waals surface area contributed by atoms with E-state index in [1.54, 1.807) is 6.92 Å². The van der Waals surface area contributed by atoms with E-state index in [9.17, 15) is 0 Å². The van der Waals surface area contributed by atoms with E-state index in [1.807, 2.05) is 37.3 Å². The molecule has 76 valence electrons. The van der Waals surface area contributed by atoms with E-state index >= 15 is 0 Å². The predicted molar refractivity (Wildman–Crippen MR) is 55.7 cm³/mol. The van der Waals surface area contributed by atoms with Crippen molar-refractivity contribution in [3.05, 3.63) is 35.9 Å². The normalized spacial score (nSPS) is 14.0. The van der Waals surface area contributed by atoms with Gasteiger partial charge in [0.15, 0.2) is 0 Å². The van der Waals surface area contributed by atoms with Crippen molar-refractivity contribution < 1.29 is 9.94 Å². The third-order valence-corrected chi connectivity index (χ3v) is 1.97. The molecule has 0 saturated heterocycles. The molecule has 0 saturated carbocycles. The molecular weight excluding hydrogens is 178 g/mol. The Balaban J connectivity index is 2.89. The Kier molecular flexibility index (Phi) is 4.13. The van der Waals surface area contributed by atoms with Crippen LogP contribution in [0.3, 0.4) is 0 Å². The number of hydrogen-bond donors (Lipinski definition) is 1. The zero-order valence-corrected chi connectivity index (χ0v) is 8.47. The van der Waals surface area contributed by atoms with Crippen LogP contribution in [-0.2, 0) is 4.74 Å². The Morgan fingerprint density at radius 1 is 1.43 bits per heavy atom. The number of nitrogens with zero attached hydrogens (tertiary/aromatic N) is 1. The summed E-state index contributed by atoms with van der Waals surface area (Å²) in [5, 5.41) is 11.9. The maximum absolute atomic E-state index is 8.70. The number of ether oxygens (including phenoxy) is 1. The molecule has 1 N–H and O–H groups in total. The summed E-state index contributed by atoms with van der Waals surface area (Å²) in [5.74, 6) is 0. The number of oxime groups is 1. The maximum Gasteiger partial charge on any atom is 0.124 e. The van der Waals surface area contributed by atoms with Gasteiger partial charge in [0, 0.05) is 6.61 Å². The van der Waals surface area contributed by atoms with Gasteiger partial charge in [0.05, 0.1) is 5.71 Å². The van der Waals surface area contributed by atoms with Crippen LogP contribution < -0.4 is 0 Å². The van der Waals surface area contributed by atoms with Crippen molar-refractivity contribution in [1.29, 1.82) is 0 Å². The number of rotatable bonds is 4. The van der Waals surface area contributed by atoms with Crippen molar-refractivity contribution in [3.8, 4) is 0 Å². The summed E-state index contributed by atoms with van der Waals surface area (Å²) in [5.41, 5.74) is 1.57. The zero-order chi connectivity index (χ0) is 10.4. The summed E-state index contributed by atoms with van der Waals surface area (Å²) in [6, 6.07) is 9.72. The summed E-state index contributed by atoms with van der Waals surface area (Å²) in [4.78, 5) is 0. The monoisotopic (exact) mass is 193 g/mol. The van der Waals surface area contributed by atoms with Crippen LogP contribution in [0.4, 0.5) is 0 Å². The van der Waals surface area contributed by atoms with Gasteiger partial charge in [0.25, 0.3) is 0 Å². The molecule has 1 aromatic carbocycles. The molecule has 3 heteroatoms. The summed E-state index contributed by atoms with van der Waals surface area (Å²) in [6.45, 7) is 4.25. The summed E-state index contributed by atoms with van der Waals surface area (Å²) in [7, 11) is 0. The average Bonchev–Trinajstić information content (AvgIpc) is 2.26. The second kappa shape index (κ2) is 5.40. The number of benzene rings is 1. The van der Waals surface area contributed by atoms with Crippen LogP contribution in [0.25, 0.3) is 0 Å². The molecule has 1 unspecified atom stereocenters. The maximum atomic E-state index is 8.70. The lowest BCUT2D eigenvalue weighted by Gasteiger charge is -2.15. The van der Waals surface area contributed by atoms with Gasteiger partial charge in [0.1, 0.15) is 6.10 Å². The average molecular weight is 193 g/mol. The first-order valence-corrected chi connectivity index (χ1v) is 4.64. The van der Waals surface area contributed by atoms with Crippen molar-refractivity contribution in [2.75, 3.05) is 6.61 Å². The van der Waals surface area contributed by atoms with E-state index in [2.05, 4.69) is 5.16 Å². The minimum absolute atomic E-state index is 0.244. The Bertz CT molecular complexity index is 295. The van der Waals surface area contributed by atoms with Crippen molar-refractivity contribution in [2.45, 2.75) is 20.0 Å². The van der Waals surface area contributed by atoms with E-state index in [-0.39, 0.29) is 6.10 Å². The standard InChI is InChI=1S/C11H15NO2/c1-3-14-11(9(2)12-13)10-7-5-4-6-8-10/h4-8,11,13H,3H2,1-2H3. The molecular formula is C11H15NO2. The fourth-order valence-electron chi connectivity index (χ4n) is 1.30. The van der Waals surface area contributed by atoms with E-state index < -0.39 is 0 Å². The highest BCUT2D eigenvalue weighted by atomic mass is 16.5. The fraction of sp³-hybridized carbons (Fsp3) is 0.364. The molecule has 1 atom stereocenters. The van der Waals surface area contributed by atoms with Crippen LogP contribution in [0.5, 0.6) is 0 Å². The van der Waals surface area contributed by atoms with Gasteiger partial charge in [-0.05, 0) is 19.4 Å². The van der Waals surface area contributed by atoms with Gasteiger partial charge in [-0.25, -0.2) is 0 Å². The Morgan fingerprint density at radius 3 is 2.57 bits per heavy atom. The molecule has 0 bridgehead atoms. The fourth-order valence-corrected chi connectivity index (χ4v) is 1.30. The molecule has 0 aliphatic carbocycles. The predicted octanol–water partition coefficient (Wildman–Crippen LogP) is 2.61. The summed E-state index contributed by atoms with van der Waals surface area (Å²) < 4.78 is 5.49. The van der Waals surface area contributed by atoms with Crippen LogP contribution in [0.15, 0.2) is 35.5 Å². The molecule has 1 aromatic rings. The molecule has 0 heterocycles. The van der Waals surface area contributed by atoms with E-state index in [1.165, 1.54) is 0 Å². The van der Waals surface area contributed by atoms with Crippen LogP contribution in [0, 0.1) is 0 Å². The second-order valence-corrected chi connectivity index (χ2v) is 2.99. The highest BCUT2D eigenvalue weighted by molar-refractivity contribution is 5.86. The third kappa shape index (κ3) is 2.57. The lowest BCUT2D eigenvalue weighted by Crippen LogP contribution is -2.13. The molecule has 0 radical (unpaired) electrons. The highest BCUT2D eigenvalue weighted by Crippen LogP contribution is 2.18. The van der Waals surface area contributed by atoms with Gasteiger partial charge < -0.3 is 9.94 Å². The largest absolute Gasteiger partial charge is 0.411 e. The van der Waals surface area contributed by atoms with Crippen molar-refractivity contribution >= 4 is 5.71 Å². The molecule has 1 rings (SSSR count). The van der Waals surface area contributed by atoms with E-state index in [0.29, 0.717) is 12.3 Å². The van der Waals surface area contributed by atoms with Gasteiger partial charge in [-0.3, -0.25) is 0 Å². The minimum atomic E-state index is -0.244. The second-order valence-electron chi connectivity index (χ2n) is 2.99. The molecule has 0 amide bonds. The van der Waals surface area contributed by atoms with Gasteiger partial charge in [-0.2, -0.15) is 0 Å². The van der Waals surface area contributed by atoms with Crippen LogP contribution in [-0.4, -0.2) is 17.5 Å². The van der Waals surface area contributed by atoms with Crippen molar-refractivity contribution in [3.63, 3.8) is 0 Å². The first kappa shape index (κ1) is 10.7. The lowest BCUT2D eigenvalue weighted by molar-refractivity contribution is 0.107. The minimum Gasteiger partial charge on any atom is -0.411 e. The Morgan fingerprint density at radius 2 is 2.07 bits per heavy atom. The molecule has 0 fully saturated rings. The summed E-state index contributed by atoms with van der Waals surface area (Å²) >= 11 is 0. The lowest BCUT2D eigenvalue weighted by atomic mass is 10.1. The first-order chi connectivity index (χ1) is 6.79. The molecule has 0 spiro atoms.